The molecule has 1 aromatic carbocycles. The molecular formula is C10H12BF4KO3S. The number of rotatable bonds is 6. The second kappa shape index (κ2) is 8.14. The van der Waals surface area contributed by atoms with Crippen molar-refractivity contribution in [2.24, 2.45) is 0 Å². The topological polar surface area (TPSA) is 43.4 Å². The van der Waals surface area contributed by atoms with Crippen LogP contribution in [0.5, 0.6) is 5.75 Å². The molecule has 0 heterocycles. The summed E-state index contributed by atoms with van der Waals surface area (Å²) in [5.41, 5.74) is -1.03. The van der Waals surface area contributed by atoms with Gasteiger partial charge in [-0.1, -0.05) is 11.5 Å². The van der Waals surface area contributed by atoms with Gasteiger partial charge in [0.05, 0.1) is 18.1 Å². The summed E-state index contributed by atoms with van der Waals surface area (Å²) in [6, 6.07) is 1.96. The number of sulfone groups is 1. The van der Waals surface area contributed by atoms with Gasteiger partial charge in [0.25, 0.3) is 0 Å². The average Bonchev–Trinajstić information content (AvgIpc) is 2.21. The summed E-state index contributed by atoms with van der Waals surface area (Å²) in [7, 11) is -3.20. The molecule has 0 radical (unpaired) electrons. The largest absolute Gasteiger partial charge is 1.00 e. The predicted octanol–water partition coefficient (Wildman–Crippen LogP) is -1.30. The van der Waals surface area contributed by atoms with Gasteiger partial charge in [-0.2, -0.15) is 0 Å². The van der Waals surface area contributed by atoms with Crippen molar-refractivity contribution >= 4 is 22.3 Å². The second-order valence-corrected chi connectivity index (χ2v) is 6.35. The van der Waals surface area contributed by atoms with Gasteiger partial charge in [0, 0.05) is 12.3 Å². The minimum Gasteiger partial charge on any atom is -0.496 e. The van der Waals surface area contributed by atoms with E-state index in [1.807, 2.05) is 0 Å². The third-order valence-electron chi connectivity index (χ3n) is 2.25. The quantitative estimate of drug-likeness (QED) is 0.368. The summed E-state index contributed by atoms with van der Waals surface area (Å²) in [6.07, 6.45) is 1.05. The molecule has 0 N–H and O–H groups in total. The average molecular weight is 338 g/mol. The SMILES string of the molecule is CS(=O)(=O)CCCOc1cc(F)ccc1[B-](F)(F)F.[K+]. The van der Waals surface area contributed by atoms with Crippen LogP contribution in [0.1, 0.15) is 6.42 Å². The van der Waals surface area contributed by atoms with Gasteiger partial charge >= 0.3 is 58.4 Å². The molecule has 0 spiro atoms. The van der Waals surface area contributed by atoms with Gasteiger partial charge in [0.2, 0.25) is 0 Å². The normalized spacial score (nSPS) is 11.8. The Kier molecular flexibility index (Phi) is 8.30. The Bertz CT molecular complexity index is 548. The summed E-state index contributed by atoms with van der Waals surface area (Å²) in [4.78, 5) is 0. The van der Waals surface area contributed by atoms with E-state index in [4.69, 9.17) is 4.74 Å². The third-order valence-corrected chi connectivity index (χ3v) is 3.28. The Morgan fingerprint density at radius 2 is 1.85 bits per heavy atom. The Morgan fingerprint density at radius 3 is 2.35 bits per heavy atom. The van der Waals surface area contributed by atoms with Gasteiger partial charge in [-0.25, -0.2) is 12.8 Å². The summed E-state index contributed by atoms with van der Waals surface area (Å²) in [6.45, 7) is -5.53. The zero-order valence-corrected chi connectivity index (χ0v) is 15.0. The van der Waals surface area contributed by atoms with E-state index in [1.165, 1.54) is 0 Å². The van der Waals surface area contributed by atoms with Gasteiger partial charge in [-0.05, 0) is 12.5 Å². The van der Waals surface area contributed by atoms with E-state index in [0.29, 0.717) is 18.2 Å². The van der Waals surface area contributed by atoms with Crippen molar-refractivity contribution in [2.75, 3.05) is 18.6 Å². The van der Waals surface area contributed by atoms with E-state index in [-0.39, 0.29) is 70.2 Å². The van der Waals surface area contributed by atoms with Gasteiger partial charge < -0.3 is 17.7 Å². The number of halogens is 4. The minimum absolute atomic E-state index is 0. The first-order valence-electron chi connectivity index (χ1n) is 5.39. The smallest absolute Gasteiger partial charge is 0.496 e. The first kappa shape index (κ1) is 20.4. The maximum Gasteiger partial charge on any atom is 1.00 e. The van der Waals surface area contributed by atoms with Crippen molar-refractivity contribution in [2.45, 2.75) is 6.42 Å². The molecule has 0 aliphatic rings. The predicted molar refractivity (Wildman–Crippen MR) is 64.9 cm³/mol. The Morgan fingerprint density at radius 1 is 1.25 bits per heavy atom. The molecule has 0 aliphatic heterocycles. The number of hydrogen-bond donors (Lipinski definition) is 0. The number of benzene rings is 1. The fourth-order valence-electron chi connectivity index (χ4n) is 1.41. The van der Waals surface area contributed by atoms with Crippen molar-refractivity contribution in [3.63, 3.8) is 0 Å². The second-order valence-electron chi connectivity index (χ2n) is 4.09. The Labute approximate surface area is 157 Å². The Balaban J connectivity index is 0.00000361. The van der Waals surface area contributed by atoms with Crippen LogP contribution in [-0.2, 0) is 9.84 Å². The fraction of sp³-hybridized carbons (Fsp3) is 0.400. The molecule has 0 fully saturated rings. The zero-order valence-electron chi connectivity index (χ0n) is 11.1. The van der Waals surface area contributed by atoms with E-state index >= 15 is 0 Å². The van der Waals surface area contributed by atoms with E-state index in [9.17, 15) is 25.8 Å². The molecule has 108 valence electrons. The molecule has 0 aliphatic carbocycles. The third kappa shape index (κ3) is 7.41. The van der Waals surface area contributed by atoms with E-state index in [1.54, 1.807) is 0 Å². The standard InChI is InChI=1S/C10H12BF4O3S.K/c1-19(16,17)6-2-5-18-10-7-8(12)3-4-9(10)11(13,14)15;/h3-4,7H,2,5-6H2,1H3;/q-1;+1. The van der Waals surface area contributed by atoms with E-state index < -0.39 is 33.8 Å². The Hall–Kier alpha value is 0.391. The molecule has 0 bridgehead atoms. The van der Waals surface area contributed by atoms with Crippen LogP contribution in [0.15, 0.2) is 18.2 Å². The molecule has 10 heteroatoms. The maximum atomic E-state index is 12.9. The van der Waals surface area contributed by atoms with Crippen LogP contribution in [0.25, 0.3) is 0 Å². The van der Waals surface area contributed by atoms with Gasteiger partial charge in [-0.3, -0.25) is 0 Å². The van der Waals surface area contributed by atoms with Crippen LogP contribution in [0, 0.1) is 5.82 Å². The van der Waals surface area contributed by atoms with E-state index in [2.05, 4.69) is 0 Å². The summed E-state index contributed by atoms with van der Waals surface area (Å²) in [5, 5.41) is 0. The molecule has 3 nitrogen and oxygen atoms in total. The fourth-order valence-corrected chi connectivity index (χ4v) is 2.05. The molecule has 0 amide bonds. The van der Waals surface area contributed by atoms with Gasteiger partial charge in [0.1, 0.15) is 15.7 Å². The van der Waals surface area contributed by atoms with Crippen LogP contribution in [0.4, 0.5) is 17.3 Å². The maximum absolute atomic E-state index is 12.9. The van der Waals surface area contributed by atoms with E-state index in [0.717, 1.165) is 6.26 Å². The summed E-state index contributed by atoms with van der Waals surface area (Å²) in [5.74, 6) is -1.66. The first-order chi connectivity index (χ1) is 8.59. The molecule has 20 heavy (non-hydrogen) atoms. The number of ether oxygens (including phenoxy) is 1. The van der Waals surface area contributed by atoms with Crippen LogP contribution >= 0.6 is 0 Å². The molecule has 1 aromatic rings. The first-order valence-corrected chi connectivity index (χ1v) is 7.45. The summed E-state index contributed by atoms with van der Waals surface area (Å²) >= 11 is 0. The van der Waals surface area contributed by atoms with Crippen molar-refractivity contribution in [1.29, 1.82) is 0 Å². The van der Waals surface area contributed by atoms with Crippen molar-refractivity contribution < 1.29 is 81.9 Å². The van der Waals surface area contributed by atoms with Gasteiger partial charge in [0.15, 0.2) is 0 Å². The van der Waals surface area contributed by atoms with Crippen molar-refractivity contribution in [1.82, 2.24) is 0 Å². The summed E-state index contributed by atoms with van der Waals surface area (Å²) < 4.78 is 77.3. The molecule has 0 atom stereocenters. The van der Waals surface area contributed by atoms with Crippen molar-refractivity contribution in [3.8, 4) is 5.75 Å². The van der Waals surface area contributed by atoms with Crippen LogP contribution in [0.3, 0.4) is 0 Å². The molecule has 0 unspecified atom stereocenters. The van der Waals surface area contributed by atoms with Gasteiger partial charge in [-0.15, -0.1) is 0 Å². The van der Waals surface area contributed by atoms with Crippen LogP contribution in [-0.4, -0.2) is 34.0 Å². The molecular weight excluding hydrogens is 326 g/mol. The van der Waals surface area contributed by atoms with Crippen LogP contribution < -0.4 is 61.6 Å². The molecule has 0 saturated heterocycles. The van der Waals surface area contributed by atoms with Crippen molar-refractivity contribution in [3.05, 3.63) is 24.0 Å². The monoisotopic (exact) mass is 338 g/mol. The van der Waals surface area contributed by atoms with Crippen LogP contribution in [0.2, 0.25) is 0 Å². The molecule has 0 aromatic heterocycles. The molecule has 0 saturated carbocycles. The number of hydrogen-bond acceptors (Lipinski definition) is 3. The molecule has 1 rings (SSSR count). The minimum atomic E-state index is -5.31. The zero-order chi connectivity index (χ0) is 14.7.